The number of hydrogen-bond donors (Lipinski definition) is 1. The molecule has 3 atom stereocenters. The minimum atomic E-state index is -0.598. The summed E-state index contributed by atoms with van der Waals surface area (Å²) in [6.07, 6.45) is 4.22. The number of aromatic amines is 1. The van der Waals surface area contributed by atoms with Crippen LogP contribution in [-0.4, -0.2) is 38.0 Å². The molecule has 3 heterocycles. The molecule has 0 spiro atoms. The van der Waals surface area contributed by atoms with Crippen LogP contribution in [0, 0.1) is 6.92 Å². The molecule has 9 nitrogen and oxygen atoms in total. The summed E-state index contributed by atoms with van der Waals surface area (Å²) in [6.45, 7) is 8.14. The summed E-state index contributed by atoms with van der Waals surface area (Å²) in [5.41, 5.74) is 5.86. The predicted molar refractivity (Wildman–Crippen MR) is 173 cm³/mol. The van der Waals surface area contributed by atoms with Crippen LogP contribution in [0.2, 0.25) is 0 Å². The Morgan fingerprint density at radius 3 is 2.27 bits per heavy atom. The van der Waals surface area contributed by atoms with E-state index in [0.29, 0.717) is 23.6 Å². The molecule has 45 heavy (non-hydrogen) atoms. The Hall–Kier alpha value is -4.76. The lowest BCUT2D eigenvalue weighted by Crippen LogP contribution is -2.35. The van der Waals surface area contributed by atoms with Gasteiger partial charge < -0.3 is 9.47 Å². The van der Waals surface area contributed by atoms with E-state index in [-0.39, 0.29) is 23.9 Å². The van der Waals surface area contributed by atoms with E-state index in [1.807, 2.05) is 79.7 Å². The Balaban J connectivity index is 1.27. The van der Waals surface area contributed by atoms with Gasteiger partial charge in [0, 0.05) is 30.4 Å². The summed E-state index contributed by atoms with van der Waals surface area (Å²) in [5.74, 6) is 1.22. The Kier molecular flexibility index (Phi) is 8.80. The second kappa shape index (κ2) is 13.1. The molecule has 0 bridgehead atoms. The smallest absolute Gasteiger partial charge is 0.439 e. The SMILES string of the molecule is CCCc1nc(C)n(-c2ccc(OC3C[C@@H](C)O[C@@H](C)C3)cc2)c(=O)c1Cc1ccc(-c2ccccc2-c2noc(=O)[nH]2)cc1. The van der Waals surface area contributed by atoms with Crippen molar-refractivity contribution in [1.82, 2.24) is 19.7 Å². The second-order valence-electron chi connectivity index (χ2n) is 11.8. The van der Waals surface area contributed by atoms with Gasteiger partial charge in [0.25, 0.3) is 5.56 Å². The second-order valence-corrected chi connectivity index (χ2v) is 11.8. The Labute approximate surface area is 261 Å². The number of H-pyrrole nitrogens is 1. The van der Waals surface area contributed by atoms with Crippen LogP contribution < -0.4 is 16.1 Å². The largest absolute Gasteiger partial charge is 0.490 e. The maximum Gasteiger partial charge on any atom is 0.439 e. The van der Waals surface area contributed by atoms with Crippen molar-refractivity contribution in [1.29, 1.82) is 0 Å². The number of nitrogens with one attached hydrogen (secondary N) is 1. The Morgan fingerprint density at radius 2 is 1.62 bits per heavy atom. The van der Waals surface area contributed by atoms with E-state index < -0.39 is 5.76 Å². The standard InChI is InChI=1S/C36H38N4O5/c1-5-8-33-32(21-25-11-13-26(14-12-25)30-9-6-7-10-31(30)34-38-36(42)45-39-34)35(41)40(24(4)37-33)27-15-17-28(18-16-27)44-29-19-22(2)43-23(3)20-29/h6-7,9-18,22-23,29H,5,8,19-21H2,1-4H3,(H,38,39,42)/t22-,23+,29?. The van der Waals surface area contributed by atoms with Crippen molar-refractivity contribution in [2.45, 2.75) is 78.1 Å². The zero-order valence-corrected chi connectivity index (χ0v) is 26.1. The Morgan fingerprint density at radius 1 is 0.933 bits per heavy atom. The van der Waals surface area contributed by atoms with Gasteiger partial charge in [-0.15, -0.1) is 0 Å². The zero-order chi connectivity index (χ0) is 31.5. The molecular weight excluding hydrogens is 568 g/mol. The molecule has 1 fully saturated rings. The highest BCUT2D eigenvalue weighted by Crippen LogP contribution is 2.30. The summed E-state index contributed by atoms with van der Waals surface area (Å²) in [4.78, 5) is 33.2. The van der Waals surface area contributed by atoms with Crippen LogP contribution in [0.1, 0.15) is 62.7 Å². The molecule has 0 aliphatic carbocycles. The first-order valence-electron chi connectivity index (χ1n) is 15.6. The number of rotatable bonds is 9. The van der Waals surface area contributed by atoms with Gasteiger partial charge in [0.2, 0.25) is 0 Å². The van der Waals surface area contributed by atoms with Crippen molar-refractivity contribution in [2.75, 3.05) is 0 Å². The lowest BCUT2D eigenvalue weighted by Gasteiger charge is -2.32. The fourth-order valence-corrected chi connectivity index (χ4v) is 6.24. The van der Waals surface area contributed by atoms with Gasteiger partial charge in [0.15, 0.2) is 5.82 Å². The van der Waals surface area contributed by atoms with Crippen LogP contribution >= 0.6 is 0 Å². The van der Waals surface area contributed by atoms with Crippen molar-refractivity contribution in [3.05, 3.63) is 116 Å². The van der Waals surface area contributed by atoms with Crippen LogP contribution in [0.3, 0.4) is 0 Å². The molecule has 6 rings (SSSR count). The van der Waals surface area contributed by atoms with E-state index in [2.05, 4.69) is 30.9 Å². The van der Waals surface area contributed by atoms with Gasteiger partial charge in [-0.1, -0.05) is 67.0 Å². The molecule has 0 amide bonds. The lowest BCUT2D eigenvalue weighted by atomic mass is 9.96. The Bertz CT molecular complexity index is 1880. The van der Waals surface area contributed by atoms with Crippen LogP contribution in [-0.2, 0) is 17.6 Å². The lowest BCUT2D eigenvalue weighted by molar-refractivity contribution is -0.0721. The van der Waals surface area contributed by atoms with Gasteiger partial charge in [0.1, 0.15) is 17.7 Å². The van der Waals surface area contributed by atoms with E-state index in [0.717, 1.165) is 65.1 Å². The topological polar surface area (TPSA) is 112 Å². The number of ether oxygens (including phenoxy) is 2. The number of nitrogens with zero attached hydrogens (tertiary/aromatic N) is 3. The third-order valence-corrected chi connectivity index (χ3v) is 8.24. The molecule has 2 aromatic heterocycles. The van der Waals surface area contributed by atoms with Crippen molar-refractivity contribution in [3.63, 3.8) is 0 Å². The molecule has 1 N–H and O–H groups in total. The first-order valence-corrected chi connectivity index (χ1v) is 15.6. The van der Waals surface area contributed by atoms with Crippen molar-refractivity contribution in [2.24, 2.45) is 0 Å². The summed E-state index contributed by atoms with van der Waals surface area (Å²) >= 11 is 0. The van der Waals surface area contributed by atoms with Gasteiger partial charge in [-0.05, 0) is 68.1 Å². The normalized spacial score (nSPS) is 18.2. The third-order valence-electron chi connectivity index (χ3n) is 8.24. The zero-order valence-electron chi connectivity index (χ0n) is 26.1. The van der Waals surface area contributed by atoms with Gasteiger partial charge in [-0.2, -0.15) is 0 Å². The highest BCUT2D eigenvalue weighted by atomic mass is 16.5. The van der Waals surface area contributed by atoms with Gasteiger partial charge in [-0.3, -0.25) is 18.9 Å². The minimum absolute atomic E-state index is 0.0592. The highest BCUT2D eigenvalue weighted by molar-refractivity contribution is 5.80. The predicted octanol–water partition coefficient (Wildman–Crippen LogP) is 6.43. The van der Waals surface area contributed by atoms with Crippen LogP contribution in [0.5, 0.6) is 5.75 Å². The average Bonchev–Trinajstić information content (AvgIpc) is 3.46. The van der Waals surface area contributed by atoms with Crippen LogP contribution in [0.4, 0.5) is 0 Å². The molecule has 1 aliphatic rings. The summed E-state index contributed by atoms with van der Waals surface area (Å²) < 4.78 is 18.5. The number of aryl methyl sites for hydroxylation is 2. The van der Waals surface area contributed by atoms with Crippen LogP contribution in [0.15, 0.2) is 86.9 Å². The molecule has 1 unspecified atom stereocenters. The van der Waals surface area contributed by atoms with Crippen molar-refractivity contribution >= 4 is 0 Å². The van der Waals surface area contributed by atoms with E-state index >= 15 is 0 Å². The van der Waals surface area contributed by atoms with Gasteiger partial charge in [-0.25, -0.2) is 9.78 Å². The molecule has 0 radical (unpaired) electrons. The van der Waals surface area contributed by atoms with Gasteiger partial charge in [0.05, 0.1) is 23.6 Å². The molecule has 1 saturated heterocycles. The maximum atomic E-state index is 14.1. The van der Waals surface area contributed by atoms with Crippen molar-refractivity contribution in [3.8, 4) is 34.0 Å². The fraction of sp³-hybridized carbons (Fsp3) is 0.333. The van der Waals surface area contributed by atoms with Crippen molar-refractivity contribution < 1.29 is 14.0 Å². The summed E-state index contributed by atoms with van der Waals surface area (Å²) in [5, 5.41) is 3.86. The summed E-state index contributed by atoms with van der Waals surface area (Å²) in [6, 6.07) is 23.5. The highest BCUT2D eigenvalue weighted by Gasteiger charge is 2.26. The summed E-state index contributed by atoms with van der Waals surface area (Å²) in [7, 11) is 0. The number of hydrogen-bond acceptors (Lipinski definition) is 7. The van der Waals surface area contributed by atoms with E-state index in [1.165, 1.54) is 0 Å². The van der Waals surface area contributed by atoms with E-state index in [9.17, 15) is 9.59 Å². The quantitative estimate of drug-likeness (QED) is 0.206. The third kappa shape index (κ3) is 6.68. The maximum absolute atomic E-state index is 14.1. The molecule has 5 aromatic rings. The molecule has 9 heteroatoms. The molecule has 3 aromatic carbocycles. The average molecular weight is 607 g/mol. The molecular formula is C36H38N4O5. The molecule has 1 aliphatic heterocycles. The van der Waals surface area contributed by atoms with Gasteiger partial charge >= 0.3 is 5.76 Å². The van der Waals surface area contributed by atoms with E-state index in [1.54, 1.807) is 4.57 Å². The minimum Gasteiger partial charge on any atom is -0.490 e. The molecule has 232 valence electrons. The fourth-order valence-electron chi connectivity index (χ4n) is 6.24. The molecule has 0 saturated carbocycles. The number of benzene rings is 3. The van der Waals surface area contributed by atoms with E-state index in [4.69, 9.17) is 19.0 Å². The monoisotopic (exact) mass is 606 g/mol. The van der Waals surface area contributed by atoms with Crippen LogP contribution in [0.25, 0.3) is 28.2 Å². The first kappa shape index (κ1) is 30.3. The number of aromatic nitrogens is 4. The first-order chi connectivity index (χ1) is 21.8.